The summed E-state index contributed by atoms with van der Waals surface area (Å²) >= 11 is 5.82. The van der Waals surface area contributed by atoms with Gasteiger partial charge in [0.05, 0.1) is 4.90 Å². The molecule has 0 bridgehead atoms. The van der Waals surface area contributed by atoms with Crippen LogP contribution in [0.4, 0.5) is 5.69 Å². The lowest BCUT2D eigenvalue weighted by molar-refractivity contribution is 0.582. The lowest BCUT2D eigenvalue weighted by atomic mass is 10.2. The Morgan fingerprint density at radius 1 is 1.44 bits per heavy atom. The molecule has 18 heavy (non-hydrogen) atoms. The Bertz CT molecular complexity index is 600. The summed E-state index contributed by atoms with van der Waals surface area (Å²) in [7, 11) is -3.60. The van der Waals surface area contributed by atoms with Crippen LogP contribution in [-0.4, -0.2) is 15.0 Å². The largest absolute Gasteiger partial charge is 0.398 e. The fraction of sp³-hybridized carbons (Fsp3) is 0.333. The molecule has 0 radical (unpaired) electrons. The van der Waals surface area contributed by atoms with Gasteiger partial charge >= 0.3 is 0 Å². The monoisotopic (exact) mass is 286 g/mol. The molecule has 6 heteroatoms. The van der Waals surface area contributed by atoms with Crippen molar-refractivity contribution in [2.24, 2.45) is 0 Å². The number of hydrogen-bond acceptors (Lipinski definition) is 3. The van der Waals surface area contributed by atoms with Crippen LogP contribution in [0.15, 0.2) is 17.0 Å². The van der Waals surface area contributed by atoms with Crippen molar-refractivity contribution in [3.05, 3.63) is 22.7 Å². The Hall–Kier alpha value is -1.22. The lowest BCUT2D eigenvalue weighted by Crippen LogP contribution is -2.25. The van der Waals surface area contributed by atoms with Crippen LogP contribution in [0.2, 0.25) is 5.02 Å². The van der Waals surface area contributed by atoms with E-state index >= 15 is 0 Å². The van der Waals surface area contributed by atoms with Crippen LogP contribution >= 0.6 is 11.6 Å². The van der Waals surface area contributed by atoms with Crippen LogP contribution in [-0.2, 0) is 10.0 Å². The molecule has 0 spiro atoms. The predicted octanol–water partition coefficient (Wildman–Crippen LogP) is 1.92. The van der Waals surface area contributed by atoms with E-state index in [4.69, 9.17) is 17.3 Å². The minimum atomic E-state index is -3.60. The van der Waals surface area contributed by atoms with Gasteiger partial charge in [0.2, 0.25) is 10.0 Å². The Labute approximate surface area is 113 Å². The molecule has 0 atom stereocenters. The number of sulfonamides is 1. The molecule has 1 rings (SSSR count). The third kappa shape index (κ3) is 3.64. The molecule has 1 aromatic carbocycles. The fourth-order valence-electron chi connectivity index (χ4n) is 1.40. The Balaban J connectivity index is 3.00. The van der Waals surface area contributed by atoms with E-state index in [0.717, 1.165) is 0 Å². The number of benzene rings is 1. The van der Waals surface area contributed by atoms with Gasteiger partial charge in [-0.05, 0) is 31.5 Å². The van der Waals surface area contributed by atoms with Crippen molar-refractivity contribution in [1.82, 2.24) is 4.72 Å². The summed E-state index contributed by atoms with van der Waals surface area (Å²) in [5, 5.41) is 0.298. The van der Waals surface area contributed by atoms with E-state index in [1.165, 1.54) is 12.1 Å². The zero-order valence-corrected chi connectivity index (χ0v) is 11.8. The molecule has 0 aromatic heterocycles. The van der Waals surface area contributed by atoms with Gasteiger partial charge in [0.15, 0.2) is 0 Å². The second-order valence-electron chi connectivity index (χ2n) is 3.69. The van der Waals surface area contributed by atoms with Crippen LogP contribution in [0, 0.1) is 18.8 Å². The molecule has 0 saturated carbocycles. The van der Waals surface area contributed by atoms with Gasteiger partial charge < -0.3 is 5.73 Å². The van der Waals surface area contributed by atoms with Crippen LogP contribution in [0.5, 0.6) is 0 Å². The highest BCUT2D eigenvalue weighted by Crippen LogP contribution is 2.25. The Morgan fingerprint density at radius 3 is 2.72 bits per heavy atom. The van der Waals surface area contributed by atoms with Gasteiger partial charge in [-0.1, -0.05) is 11.6 Å². The number of nitrogen functional groups attached to an aromatic ring is 1. The maximum absolute atomic E-state index is 12.0. The molecule has 0 aliphatic rings. The van der Waals surface area contributed by atoms with Crippen LogP contribution in [0.1, 0.15) is 18.9 Å². The van der Waals surface area contributed by atoms with E-state index in [9.17, 15) is 8.42 Å². The minimum absolute atomic E-state index is 0.108. The zero-order chi connectivity index (χ0) is 13.8. The summed E-state index contributed by atoms with van der Waals surface area (Å²) in [6.07, 6.45) is 0.463. The van der Waals surface area contributed by atoms with Crippen molar-refractivity contribution >= 4 is 27.3 Å². The zero-order valence-electron chi connectivity index (χ0n) is 10.2. The Morgan fingerprint density at radius 2 is 2.11 bits per heavy atom. The van der Waals surface area contributed by atoms with Crippen LogP contribution in [0.25, 0.3) is 0 Å². The average molecular weight is 287 g/mol. The summed E-state index contributed by atoms with van der Waals surface area (Å²) in [4.78, 5) is 0.108. The minimum Gasteiger partial charge on any atom is -0.398 e. The highest BCUT2D eigenvalue weighted by Gasteiger charge is 2.18. The maximum Gasteiger partial charge on any atom is 0.240 e. The standard InChI is InChI=1S/C12H15ClN2O2S/c1-3-4-5-6-15-18(16,17)12-8-10(13)7-11(14)9(12)2/h7-8,15H,5-6,14H2,1-2H3. The smallest absolute Gasteiger partial charge is 0.240 e. The molecular formula is C12H15ClN2O2S. The first kappa shape index (κ1) is 14.8. The summed E-state index contributed by atoms with van der Waals surface area (Å²) in [6, 6.07) is 2.92. The van der Waals surface area contributed by atoms with Crippen LogP contribution < -0.4 is 10.5 Å². The van der Waals surface area contributed by atoms with E-state index in [1.807, 2.05) is 0 Å². The molecule has 0 unspecified atom stereocenters. The molecule has 0 fully saturated rings. The normalized spacial score (nSPS) is 10.8. The summed E-state index contributed by atoms with van der Waals surface area (Å²) < 4.78 is 26.6. The highest BCUT2D eigenvalue weighted by molar-refractivity contribution is 7.89. The molecule has 0 aliphatic carbocycles. The second kappa shape index (κ2) is 6.10. The molecule has 4 nitrogen and oxygen atoms in total. The number of rotatable bonds is 4. The first-order valence-corrected chi connectivity index (χ1v) is 7.19. The molecule has 0 amide bonds. The Kier molecular flexibility index (Phi) is 5.03. The number of halogens is 1. The summed E-state index contributed by atoms with van der Waals surface area (Å²) in [5.41, 5.74) is 6.55. The maximum atomic E-state index is 12.0. The van der Waals surface area contributed by atoms with Crippen molar-refractivity contribution in [3.63, 3.8) is 0 Å². The molecule has 0 heterocycles. The van der Waals surface area contributed by atoms with E-state index in [-0.39, 0.29) is 11.4 Å². The van der Waals surface area contributed by atoms with E-state index in [1.54, 1.807) is 13.8 Å². The first-order chi connectivity index (χ1) is 8.38. The molecular weight excluding hydrogens is 272 g/mol. The third-order valence-electron chi connectivity index (χ3n) is 2.37. The second-order valence-corrected chi connectivity index (χ2v) is 5.86. The summed E-state index contributed by atoms with van der Waals surface area (Å²) in [5.74, 6) is 5.48. The molecule has 0 aliphatic heterocycles. The molecule has 98 valence electrons. The van der Waals surface area contributed by atoms with Gasteiger partial charge in [-0.2, -0.15) is 0 Å². The first-order valence-electron chi connectivity index (χ1n) is 5.33. The van der Waals surface area contributed by atoms with Gasteiger partial charge in [0.1, 0.15) is 0 Å². The van der Waals surface area contributed by atoms with Crippen molar-refractivity contribution in [3.8, 4) is 11.8 Å². The number of hydrogen-bond donors (Lipinski definition) is 2. The number of anilines is 1. The quantitative estimate of drug-likeness (QED) is 0.505. The van der Waals surface area contributed by atoms with Gasteiger partial charge in [-0.15, -0.1) is 11.8 Å². The lowest BCUT2D eigenvalue weighted by Gasteiger charge is -2.10. The predicted molar refractivity (Wildman–Crippen MR) is 73.9 cm³/mol. The summed E-state index contributed by atoms with van der Waals surface area (Å²) in [6.45, 7) is 3.61. The SMILES string of the molecule is CC#CCCNS(=O)(=O)c1cc(Cl)cc(N)c1C. The number of nitrogens with two attached hydrogens (primary N) is 1. The van der Waals surface area contributed by atoms with E-state index in [0.29, 0.717) is 22.7 Å². The molecule has 3 N–H and O–H groups in total. The number of nitrogens with one attached hydrogen (secondary N) is 1. The van der Waals surface area contributed by atoms with Crippen molar-refractivity contribution in [2.45, 2.75) is 25.2 Å². The molecule has 1 aromatic rings. The fourth-order valence-corrected chi connectivity index (χ4v) is 3.02. The van der Waals surface area contributed by atoms with Crippen molar-refractivity contribution in [2.75, 3.05) is 12.3 Å². The molecule has 0 saturated heterocycles. The van der Waals surface area contributed by atoms with Crippen LogP contribution in [0.3, 0.4) is 0 Å². The van der Waals surface area contributed by atoms with Gasteiger partial charge in [-0.25, -0.2) is 13.1 Å². The third-order valence-corrected chi connectivity index (χ3v) is 4.18. The van der Waals surface area contributed by atoms with Gasteiger partial charge in [0.25, 0.3) is 0 Å². The van der Waals surface area contributed by atoms with Gasteiger partial charge in [0, 0.05) is 23.7 Å². The topological polar surface area (TPSA) is 72.2 Å². The van der Waals surface area contributed by atoms with Crippen molar-refractivity contribution in [1.29, 1.82) is 0 Å². The highest BCUT2D eigenvalue weighted by atomic mass is 35.5. The van der Waals surface area contributed by atoms with E-state index < -0.39 is 10.0 Å². The average Bonchev–Trinajstić information content (AvgIpc) is 2.29. The van der Waals surface area contributed by atoms with Crippen molar-refractivity contribution < 1.29 is 8.42 Å². The van der Waals surface area contributed by atoms with E-state index in [2.05, 4.69) is 16.6 Å². The van der Waals surface area contributed by atoms with Gasteiger partial charge in [-0.3, -0.25) is 0 Å².